The molecule has 0 saturated carbocycles. The summed E-state index contributed by atoms with van der Waals surface area (Å²) in [5.74, 6) is -4.09. The van der Waals surface area contributed by atoms with E-state index in [9.17, 15) is 18.0 Å². The van der Waals surface area contributed by atoms with Crippen molar-refractivity contribution in [1.82, 2.24) is 19.7 Å². The largest absolute Gasteiger partial charge is 0.361 e. The van der Waals surface area contributed by atoms with Crippen molar-refractivity contribution in [2.24, 2.45) is 7.05 Å². The summed E-state index contributed by atoms with van der Waals surface area (Å²) in [6.07, 6.45) is 2.27. The molecule has 2 aromatic carbocycles. The first-order valence-electron chi connectivity index (χ1n) is 9.49. The van der Waals surface area contributed by atoms with Crippen molar-refractivity contribution in [2.45, 2.75) is 13.0 Å². The van der Waals surface area contributed by atoms with Gasteiger partial charge in [0.2, 0.25) is 0 Å². The molecule has 152 valence electrons. The Labute approximate surface area is 169 Å². The summed E-state index contributed by atoms with van der Waals surface area (Å²) in [5, 5.41) is 5.42. The van der Waals surface area contributed by atoms with Gasteiger partial charge in [-0.1, -0.05) is 12.1 Å². The summed E-state index contributed by atoms with van der Waals surface area (Å²) in [7, 11) is 1.67. The Bertz CT molecular complexity index is 1280. The van der Waals surface area contributed by atoms with E-state index in [2.05, 4.69) is 10.1 Å². The van der Waals surface area contributed by atoms with Gasteiger partial charge in [-0.25, -0.2) is 13.2 Å². The number of benzene rings is 2. The molecule has 30 heavy (non-hydrogen) atoms. The highest BCUT2D eigenvalue weighted by Gasteiger charge is 2.29. The Morgan fingerprint density at radius 1 is 1.13 bits per heavy atom. The van der Waals surface area contributed by atoms with E-state index < -0.39 is 17.5 Å². The van der Waals surface area contributed by atoms with Crippen molar-refractivity contribution < 1.29 is 18.0 Å². The van der Waals surface area contributed by atoms with Crippen LogP contribution in [0.4, 0.5) is 13.2 Å². The van der Waals surface area contributed by atoms with Crippen LogP contribution in [0.25, 0.3) is 22.2 Å². The van der Waals surface area contributed by atoms with Crippen LogP contribution < -0.4 is 0 Å². The van der Waals surface area contributed by atoms with Gasteiger partial charge in [-0.2, -0.15) is 5.10 Å². The highest BCUT2D eigenvalue weighted by Crippen LogP contribution is 2.32. The SMILES string of the molecule is Cn1nc2c(c1-c1cc(F)c(F)c(F)c1)CCN(C(=O)c1cccc3cc[nH]c13)C2. The van der Waals surface area contributed by atoms with Crippen LogP contribution >= 0.6 is 0 Å². The molecule has 0 unspecified atom stereocenters. The van der Waals surface area contributed by atoms with Gasteiger partial charge >= 0.3 is 0 Å². The van der Waals surface area contributed by atoms with Gasteiger partial charge in [0.1, 0.15) is 0 Å². The van der Waals surface area contributed by atoms with E-state index in [4.69, 9.17) is 0 Å². The summed E-state index contributed by atoms with van der Waals surface area (Å²) >= 11 is 0. The Morgan fingerprint density at radius 2 is 1.90 bits per heavy atom. The lowest BCUT2D eigenvalue weighted by Gasteiger charge is -2.27. The number of aromatic amines is 1. The summed E-state index contributed by atoms with van der Waals surface area (Å²) in [6.45, 7) is 0.721. The number of nitrogens with one attached hydrogen (secondary N) is 1. The van der Waals surface area contributed by atoms with Crippen LogP contribution in [0.3, 0.4) is 0 Å². The predicted octanol–water partition coefficient (Wildman–Crippen LogP) is 4.18. The van der Waals surface area contributed by atoms with Crippen molar-refractivity contribution in [3.63, 3.8) is 0 Å². The normalized spacial score (nSPS) is 13.7. The van der Waals surface area contributed by atoms with Crippen molar-refractivity contribution in [3.8, 4) is 11.3 Å². The number of aryl methyl sites for hydroxylation is 1. The van der Waals surface area contributed by atoms with E-state index >= 15 is 0 Å². The molecule has 1 aliphatic rings. The Morgan fingerprint density at radius 3 is 2.67 bits per heavy atom. The standard InChI is InChI=1S/C22H17F3N4O/c1-28-21(13-9-16(23)19(25)17(24)10-13)14-6-8-29(11-18(14)27-28)22(30)15-4-2-3-12-5-7-26-20(12)15/h2-5,7,9-10,26H,6,8,11H2,1H3. The third kappa shape index (κ3) is 2.79. The molecule has 8 heteroatoms. The number of amides is 1. The Kier molecular flexibility index (Phi) is 4.16. The molecule has 0 spiro atoms. The van der Waals surface area contributed by atoms with E-state index in [1.165, 1.54) is 4.68 Å². The molecule has 1 aliphatic heterocycles. The van der Waals surface area contributed by atoms with Crippen LogP contribution in [0.15, 0.2) is 42.6 Å². The second kappa shape index (κ2) is 6.76. The molecular formula is C22H17F3N4O. The molecule has 0 saturated heterocycles. The van der Waals surface area contributed by atoms with Crippen LogP contribution in [0.2, 0.25) is 0 Å². The lowest BCUT2D eigenvalue weighted by Crippen LogP contribution is -2.36. The zero-order valence-electron chi connectivity index (χ0n) is 16.0. The fraction of sp³-hybridized carbons (Fsp3) is 0.182. The topological polar surface area (TPSA) is 53.9 Å². The maximum absolute atomic E-state index is 13.8. The second-order valence-corrected chi connectivity index (χ2v) is 7.38. The lowest BCUT2D eigenvalue weighted by molar-refractivity contribution is 0.0734. The third-order valence-corrected chi connectivity index (χ3v) is 5.56. The second-order valence-electron chi connectivity index (χ2n) is 7.38. The van der Waals surface area contributed by atoms with Crippen molar-refractivity contribution in [3.05, 3.63) is 76.9 Å². The first-order valence-corrected chi connectivity index (χ1v) is 9.49. The molecule has 3 heterocycles. The van der Waals surface area contributed by atoms with Crippen molar-refractivity contribution in [1.29, 1.82) is 0 Å². The molecule has 0 atom stereocenters. The predicted molar refractivity (Wildman–Crippen MR) is 105 cm³/mol. The number of fused-ring (bicyclic) bond motifs is 2. The molecule has 0 fully saturated rings. The quantitative estimate of drug-likeness (QED) is 0.504. The van der Waals surface area contributed by atoms with Crippen LogP contribution in [0, 0.1) is 17.5 Å². The highest BCUT2D eigenvalue weighted by atomic mass is 19.2. The van der Waals surface area contributed by atoms with E-state index in [1.54, 1.807) is 24.2 Å². The van der Waals surface area contributed by atoms with E-state index in [0.29, 0.717) is 29.9 Å². The number of aromatic nitrogens is 3. The smallest absolute Gasteiger partial charge is 0.256 e. The van der Waals surface area contributed by atoms with Crippen LogP contribution in [-0.2, 0) is 20.0 Å². The zero-order chi connectivity index (χ0) is 21.0. The average molecular weight is 410 g/mol. The molecule has 0 aliphatic carbocycles. The Hall–Kier alpha value is -3.55. The van der Waals surface area contributed by atoms with Crippen molar-refractivity contribution >= 4 is 16.8 Å². The van der Waals surface area contributed by atoms with Crippen LogP contribution in [0.1, 0.15) is 21.6 Å². The maximum atomic E-state index is 13.8. The number of hydrogen-bond acceptors (Lipinski definition) is 2. The molecule has 1 N–H and O–H groups in total. The third-order valence-electron chi connectivity index (χ3n) is 5.56. The molecule has 5 nitrogen and oxygen atoms in total. The van der Waals surface area contributed by atoms with Crippen LogP contribution in [-0.4, -0.2) is 32.1 Å². The number of nitrogens with zero attached hydrogens (tertiary/aromatic N) is 3. The molecule has 0 radical (unpaired) electrons. The Balaban J connectivity index is 1.49. The first-order chi connectivity index (χ1) is 14.4. The number of halogens is 3. The monoisotopic (exact) mass is 410 g/mol. The average Bonchev–Trinajstić information content (AvgIpc) is 3.33. The number of H-pyrrole nitrogens is 1. The summed E-state index contributed by atoms with van der Waals surface area (Å²) in [5.41, 5.74) is 3.59. The number of carbonyl (C=O) groups excluding carboxylic acids is 1. The van der Waals surface area contributed by atoms with E-state index in [1.807, 2.05) is 18.2 Å². The fourth-order valence-electron chi connectivity index (χ4n) is 4.18. The highest BCUT2D eigenvalue weighted by molar-refractivity contribution is 6.05. The minimum Gasteiger partial charge on any atom is -0.361 e. The lowest BCUT2D eigenvalue weighted by atomic mass is 9.99. The van der Waals surface area contributed by atoms with Gasteiger partial charge in [0, 0.05) is 36.3 Å². The number of para-hydroxylation sites is 1. The van der Waals surface area contributed by atoms with Gasteiger partial charge in [-0.15, -0.1) is 0 Å². The molecule has 2 aromatic heterocycles. The summed E-state index contributed by atoms with van der Waals surface area (Å²) < 4.78 is 42.4. The van der Waals surface area contributed by atoms with Gasteiger partial charge in [-0.05, 0) is 30.7 Å². The van der Waals surface area contributed by atoms with Gasteiger partial charge in [0.05, 0.1) is 29.0 Å². The summed E-state index contributed by atoms with van der Waals surface area (Å²) in [6, 6.07) is 9.41. The maximum Gasteiger partial charge on any atom is 0.256 e. The number of hydrogen-bond donors (Lipinski definition) is 1. The van der Waals surface area contributed by atoms with Gasteiger partial charge in [0.15, 0.2) is 17.5 Å². The fourth-order valence-corrected chi connectivity index (χ4v) is 4.18. The molecule has 0 bridgehead atoms. The minimum absolute atomic E-state index is 0.111. The molecule has 1 amide bonds. The minimum atomic E-state index is -1.50. The number of carbonyl (C=O) groups is 1. The zero-order valence-corrected chi connectivity index (χ0v) is 16.0. The summed E-state index contributed by atoms with van der Waals surface area (Å²) in [4.78, 5) is 18.0. The van der Waals surface area contributed by atoms with Crippen molar-refractivity contribution in [2.75, 3.05) is 6.54 Å². The number of rotatable bonds is 2. The molecular weight excluding hydrogens is 393 g/mol. The van der Waals surface area contributed by atoms with Gasteiger partial charge in [-0.3, -0.25) is 9.48 Å². The molecule has 4 aromatic rings. The van der Waals surface area contributed by atoms with E-state index in [0.717, 1.165) is 28.6 Å². The van der Waals surface area contributed by atoms with Gasteiger partial charge in [0.25, 0.3) is 5.91 Å². The van der Waals surface area contributed by atoms with Gasteiger partial charge < -0.3 is 9.88 Å². The first kappa shape index (κ1) is 18.5. The van der Waals surface area contributed by atoms with E-state index in [-0.39, 0.29) is 18.0 Å². The van der Waals surface area contributed by atoms with Crippen LogP contribution in [0.5, 0.6) is 0 Å². The molecule has 5 rings (SSSR count).